The van der Waals surface area contributed by atoms with Crippen molar-refractivity contribution in [2.75, 3.05) is 11.1 Å². The van der Waals surface area contributed by atoms with E-state index in [-0.39, 0.29) is 0 Å². The van der Waals surface area contributed by atoms with Crippen LogP contribution in [0, 0.1) is 0 Å². The Hall–Kier alpha value is -1.43. The molecule has 0 saturated heterocycles. The first-order valence-corrected chi connectivity index (χ1v) is 7.05. The van der Waals surface area contributed by atoms with Gasteiger partial charge in [0.1, 0.15) is 0 Å². The lowest BCUT2D eigenvalue weighted by Gasteiger charge is -2.13. The molecule has 0 aliphatic rings. The van der Waals surface area contributed by atoms with Crippen molar-refractivity contribution in [1.82, 2.24) is 0 Å². The number of carbonyl (C=O) groups is 1. The molecule has 7 heteroatoms. The number of amides is 1. The number of halogens is 3. The molecule has 104 valence electrons. The number of nitrogen functional groups attached to an aromatic ring is 1. The van der Waals surface area contributed by atoms with E-state index in [0.717, 1.165) is 0 Å². The van der Waals surface area contributed by atoms with Crippen molar-refractivity contribution in [2.24, 2.45) is 5.73 Å². The largest absolute Gasteiger partial charge is 0.397 e. The van der Waals surface area contributed by atoms with Crippen LogP contribution in [0.5, 0.6) is 0 Å². The molecule has 0 fully saturated rings. The maximum Gasteiger partial charge on any atom is 0.248 e. The van der Waals surface area contributed by atoms with E-state index in [1.165, 1.54) is 6.07 Å². The van der Waals surface area contributed by atoms with Gasteiger partial charge in [-0.3, -0.25) is 4.79 Å². The summed E-state index contributed by atoms with van der Waals surface area (Å²) in [5.41, 5.74) is 13.0. The van der Waals surface area contributed by atoms with E-state index < -0.39 is 5.91 Å². The van der Waals surface area contributed by atoms with Gasteiger partial charge < -0.3 is 16.8 Å². The Bertz CT molecular complexity index is 692. The monoisotopic (exact) mass is 373 g/mol. The molecule has 0 spiro atoms. The number of rotatable bonds is 3. The second-order valence-electron chi connectivity index (χ2n) is 4.01. The van der Waals surface area contributed by atoms with Gasteiger partial charge in [-0.1, -0.05) is 23.2 Å². The molecule has 0 atom stereocenters. The predicted octanol–water partition coefficient (Wildman–Crippen LogP) is 4.18. The van der Waals surface area contributed by atoms with Gasteiger partial charge >= 0.3 is 0 Å². The van der Waals surface area contributed by atoms with Crippen molar-refractivity contribution in [3.05, 3.63) is 50.4 Å². The fourth-order valence-corrected chi connectivity index (χ4v) is 2.42. The molecule has 1 amide bonds. The number of benzene rings is 2. The average Bonchev–Trinajstić information content (AvgIpc) is 2.41. The maximum absolute atomic E-state index is 11.1. The highest BCUT2D eigenvalue weighted by Gasteiger charge is 2.10. The smallest absolute Gasteiger partial charge is 0.248 e. The summed E-state index contributed by atoms with van der Waals surface area (Å²) in [6.45, 7) is 0. The van der Waals surface area contributed by atoms with Gasteiger partial charge in [-0.25, -0.2) is 0 Å². The molecule has 0 aromatic heterocycles. The van der Waals surface area contributed by atoms with Crippen LogP contribution in [0.3, 0.4) is 0 Å². The number of nitrogens with one attached hydrogen (secondary N) is 1. The lowest BCUT2D eigenvalue weighted by molar-refractivity contribution is 0.100. The minimum atomic E-state index is -0.534. The van der Waals surface area contributed by atoms with E-state index in [0.29, 0.717) is 37.1 Å². The summed E-state index contributed by atoms with van der Waals surface area (Å²) in [6.07, 6.45) is 0. The van der Waals surface area contributed by atoms with E-state index in [4.69, 9.17) is 34.7 Å². The van der Waals surface area contributed by atoms with E-state index in [9.17, 15) is 4.79 Å². The quantitative estimate of drug-likeness (QED) is 0.556. The third kappa shape index (κ3) is 3.00. The topological polar surface area (TPSA) is 81.1 Å². The fraction of sp³-hybridized carbons (Fsp3) is 0. The Morgan fingerprint density at radius 2 is 1.75 bits per heavy atom. The number of primary amides is 1. The third-order valence-electron chi connectivity index (χ3n) is 2.64. The van der Waals surface area contributed by atoms with Crippen LogP contribution in [0.2, 0.25) is 10.0 Å². The Morgan fingerprint density at radius 1 is 1.10 bits per heavy atom. The molecule has 0 saturated carbocycles. The van der Waals surface area contributed by atoms with Gasteiger partial charge in [0.2, 0.25) is 5.91 Å². The molecule has 0 aliphatic heterocycles. The molecule has 0 bridgehead atoms. The minimum absolute atomic E-state index is 0.341. The van der Waals surface area contributed by atoms with E-state index >= 15 is 0 Å². The summed E-state index contributed by atoms with van der Waals surface area (Å²) in [5.74, 6) is -0.534. The average molecular weight is 375 g/mol. The van der Waals surface area contributed by atoms with Crippen molar-refractivity contribution < 1.29 is 4.79 Å². The second-order valence-corrected chi connectivity index (χ2v) is 5.62. The molecule has 0 heterocycles. The first-order valence-electron chi connectivity index (χ1n) is 5.50. The lowest BCUT2D eigenvalue weighted by Crippen LogP contribution is -2.11. The van der Waals surface area contributed by atoms with Crippen LogP contribution in [-0.2, 0) is 0 Å². The molecule has 0 aliphatic carbocycles. The second kappa shape index (κ2) is 5.91. The zero-order chi connectivity index (χ0) is 14.9. The standard InChI is InChI=1S/C13H10BrCl2N3O/c14-7-2-4-10(12(16)11(7)15)19-9-3-1-6(13(18)20)5-8(9)17/h1-5,19H,17H2,(H2,18,20). The van der Waals surface area contributed by atoms with Crippen molar-refractivity contribution >= 4 is 62.1 Å². The molecular formula is C13H10BrCl2N3O. The first-order chi connectivity index (χ1) is 9.40. The molecule has 4 nitrogen and oxygen atoms in total. The van der Waals surface area contributed by atoms with Gasteiger partial charge in [0.05, 0.1) is 27.1 Å². The van der Waals surface area contributed by atoms with Crippen LogP contribution >= 0.6 is 39.1 Å². The third-order valence-corrected chi connectivity index (χ3v) is 4.41. The first kappa shape index (κ1) is 15.0. The normalized spacial score (nSPS) is 10.3. The van der Waals surface area contributed by atoms with Crippen molar-refractivity contribution in [3.63, 3.8) is 0 Å². The van der Waals surface area contributed by atoms with E-state index in [2.05, 4.69) is 21.2 Å². The Kier molecular flexibility index (Phi) is 4.42. The predicted molar refractivity (Wildman–Crippen MR) is 86.8 cm³/mol. The molecule has 5 N–H and O–H groups in total. The number of carbonyl (C=O) groups excluding carboxylic acids is 1. The zero-order valence-corrected chi connectivity index (χ0v) is 13.2. The number of hydrogen-bond acceptors (Lipinski definition) is 3. The highest BCUT2D eigenvalue weighted by atomic mass is 79.9. The van der Waals surface area contributed by atoms with Gasteiger partial charge in [-0.05, 0) is 46.3 Å². The zero-order valence-electron chi connectivity index (χ0n) is 10.1. The van der Waals surface area contributed by atoms with Crippen LogP contribution < -0.4 is 16.8 Å². The summed E-state index contributed by atoms with van der Waals surface area (Å²) in [4.78, 5) is 11.1. The van der Waals surface area contributed by atoms with Crippen LogP contribution in [0.1, 0.15) is 10.4 Å². The van der Waals surface area contributed by atoms with Crippen LogP contribution in [0.4, 0.5) is 17.1 Å². The van der Waals surface area contributed by atoms with Crippen LogP contribution in [0.15, 0.2) is 34.8 Å². The molecule has 2 rings (SSSR count). The number of hydrogen-bond donors (Lipinski definition) is 3. The Balaban J connectivity index is 2.36. The van der Waals surface area contributed by atoms with Gasteiger partial charge in [0.15, 0.2) is 0 Å². The van der Waals surface area contributed by atoms with Crippen LogP contribution in [-0.4, -0.2) is 5.91 Å². The molecule has 2 aromatic rings. The van der Waals surface area contributed by atoms with Crippen molar-refractivity contribution in [3.8, 4) is 0 Å². The van der Waals surface area contributed by atoms with Crippen molar-refractivity contribution in [2.45, 2.75) is 0 Å². The van der Waals surface area contributed by atoms with Gasteiger partial charge in [0.25, 0.3) is 0 Å². The SMILES string of the molecule is NC(=O)c1ccc(Nc2ccc(Br)c(Cl)c2Cl)c(N)c1. The van der Waals surface area contributed by atoms with Gasteiger partial charge in [-0.15, -0.1) is 0 Å². The highest BCUT2D eigenvalue weighted by Crippen LogP contribution is 2.37. The molecule has 2 aromatic carbocycles. The fourth-order valence-electron chi connectivity index (χ4n) is 1.60. The number of anilines is 3. The summed E-state index contributed by atoms with van der Waals surface area (Å²) in [6, 6.07) is 8.26. The lowest BCUT2D eigenvalue weighted by atomic mass is 10.1. The number of nitrogens with two attached hydrogens (primary N) is 2. The van der Waals surface area contributed by atoms with Gasteiger partial charge in [-0.2, -0.15) is 0 Å². The summed E-state index contributed by atoms with van der Waals surface area (Å²) < 4.78 is 0.701. The van der Waals surface area contributed by atoms with Gasteiger partial charge in [0, 0.05) is 10.0 Å². The van der Waals surface area contributed by atoms with E-state index in [1.54, 1.807) is 24.3 Å². The summed E-state index contributed by atoms with van der Waals surface area (Å²) in [7, 11) is 0. The molecule has 0 radical (unpaired) electrons. The molecule has 20 heavy (non-hydrogen) atoms. The Labute approximate surface area is 134 Å². The molecular weight excluding hydrogens is 365 g/mol. The van der Waals surface area contributed by atoms with Crippen LogP contribution in [0.25, 0.3) is 0 Å². The summed E-state index contributed by atoms with van der Waals surface area (Å²) in [5, 5.41) is 3.84. The van der Waals surface area contributed by atoms with E-state index in [1.807, 2.05) is 0 Å². The maximum atomic E-state index is 11.1. The Morgan fingerprint density at radius 3 is 2.35 bits per heavy atom. The summed E-state index contributed by atoms with van der Waals surface area (Å²) >= 11 is 15.5. The minimum Gasteiger partial charge on any atom is -0.397 e. The van der Waals surface area contributed by atoms with Crippen molar-refractivity contribution in [1.29, 1.82) is 0 Å². The molecule has 0 unspecified atom stereocenters. The highest BCUT2D eigenvalue weighted by molar-refractivity contribution is 9.10.